The maximum absolute atomic E-state index is 12.5. The van der Waals surface area contributed by atoms with Gasteiger partial charge in [0, 0.05) is 34.6 Å². The van der Waals surface area contributed by atoms with Gasteiger partial charge in [-0.1, -0.05) is 12.1 Å². The van der Waals surface area contributed by atoms with Crippen LogP contribution in [-0.4, -0.2) is 15.3 Å². The standard InChI is InChI=1S/C19H17N3O2S/c1-11-12(2)24-13(3)17(11)18(23)20-15-6-4-14(5-7-15)16-10-22-8-9-25-19(22)21-16/h4-10H,1-3H3,(H,20,23). The van der Waals surface area contributed by atoms with E-state index in [1.807, 2.05) is 67.2 Å². The van der Waals surface area contributed by atoms with Gasteiger partial charge in [-0.15, -0.1) is 11.3 Å². The molecule has 4 rings (SSSR count). The number of imidazole rings is 1. The van der Waals surface area contributed by atoms with Crippen LogP contribution in [-0.2, 0) is 0 Å². The highest BCUT2D eigenvalue weighted by Crippen LogP contribution is 2.25. The number of hydrogen-bond acceptors (Lipinski definition) is 4. The highest BCUT2D eigenvalue weighted by molar-refractivity contribution is 7.15. The van der Waals surface area contributed by atoms with E-state index in [0.29, 0.717) is 11.3 Å². The van der Waals surface area contributed by atoms with Crippen LogP contribution in [0.15, 0.2) is 46.5 Å². The number of aryl methyl sites for hydroxylation is 2. The molecule has 0 spiro atoms. The molecule has 0 atom stereocenters. The number of thiazole rings is 1. The Hall–Kier alpha value is -2.86. The number of carbonyl (C=O) groups is 1. The smallest absolute Gasteiger partial charge is 0.259 e. The summed E-state index contributed by atoms with van der Waals surface area (Å²) in [5.41, 5.74) is 4.16. The van der Waals surface area contributed by atoms with Gasteiger partial charge >= 0.3 is 0 Å². The monoisotopic (exact) mass is 351 g/mol. The molecule has 1 amide bonds. The first-order valence-corrected chi connectivity index (χ1v) is 8.81. The number of furan rings is 1. The Morgan fingerprint density at radius 3 is 2.56 bits per heavy atom. The van der Waals surface area contributed by atoms with E-state index in [1.54, 1.807) is 11.3 Å². The molecule has 6 heteroatoms. The molecular weight excluding hydrogens is 334 g/mol. The zero-order chi connectivity index (χ0) is 17.6. The fourth-order valence-electron chi connectivity index (χ4n) is 2.91. The number of amides is 1. The average Bonchev–Trinajstić information content (AvgIpc) is 3.23. The summed E-state index contributed by atoms with van der Waals surface area (Å²) in [4.78, 5) is 18.1. The molecule has 0 aliphatic carbocycles. The van der Waals surface area contributed by atoms with Gasteiger partial charge in [-0.2, -0.15) is 0 Å². The second kappa shape index (κ2) is 5.89. The number of rotatable bonds is 3. The van der Waals surface area contributed by atoms with Crippen molar-refractivity contribution in [1.29, 1.82) is 0 Å². The molecule has 0 fully saturated rings. The summed E-state index contributed by atoms with van der Waals surface area (Å²) in [5.74, 6) is 1.27. The highest BCUT2D eigenvalue weighted by atomic mass is 32.1. The van der Waals surface area contributed by atoms with Crippen LogP contribution < -0.4 is 5.32 Å². The van der Waals surface area contributed by atoms with E-state index < -0.39 is 0 Å². The topological polar surface area (TPSA) is 59.5 Å². The summed E-state index contributed by atoms with van der Waals surface area (Å²) in [6.07, 6.45) is 3.99. The van der Waals surface area contributed by atoms with Crippen molar-refractivity contribution in [1.82, 2.24) is 9.38 Å². The molecule has 3 aromatic heterocycles. The molecule has 1 aromatic carbocycles. The molecule has 0 saturated heterocycles. The van der Waals surface area contributed by atoms with Gasteiger partial charge in [-0.05, 0) is 32.9 Å². The van der Waals surface area contributed by atoms with Gasteiger partial charge in [0.1, 0.15) is 11.5 Å². The second-order valence-electron chi connectivity index (χ2n) is 5.96. The minimum Gasteiger partial charge on any atom is -0.466 e. The number of fused-ring (bicyclic) bond motifs is 1. The van der Waals surface area contributed by atoms with Crippen molar-refractivity contribution in [3.05, 3.63) is 64.7 Å². The van der Waals surface area contributed by atoms with Crippen LogP contribution >= 0.6 is 11.3 Å². The first kappa shape index (κ1) is 15.7. The molecule has 0 aliphatic heterocycles. The van der Waals surface area contributed by atoms with Gasteiger partial charge in [0.05, 0.1) is 11.3 Å². The average molecular weight is 351 g/mol. The highest BCUT2D eigenvalue weighted by Gasteiger charge is 2.18. The minimum atomic E-state index is -0.151. The van der Waals surface area contributed by atoms with E-state index >= 15 is 0 Å². The summed E-state index contributed by atoms with van der Waals surface area (Å²) in [7, 11) is 0. The molecule has 126 valence electrons. The summed E-state index contributed by atoms with van der Waals surface area (Å²) in [6.45, 7) is 5.57. The number of hydrogen-bond donors (Lipinski definition) is 1. The zero-order valence-corrected chi connectivity index (χ0v) is 15.0. The molecule has 0 radical (unpaired) electrons. The van der Waals surface area contributed by atoms with E-state index in [9.17, 15) is 4.79 Å². The van der Waals surface area contributed by atoms with Crippen molar-refractivity contribution >= 4 is 27.9 Å². The van der Waals surface area contributed by atoms with Gasteiger partial charge in [-0.25, -0.2) is 4.98 Å². The molecule has 1 N–H and O–H groups in total. The van der Waals surface area contributed by atoms with Crippen LogP contribution in [0.25, 0.3) is 16.2 Å². The number of anilines is 1. The molecule has 0 unspecified atom stereocenters. The lowest BCUT2D eigenvalue weighted by atomic mass is 10.1. The number of nitrogens with one attached hydrogen (secondary N) is 1. The van der Waals surface area contributed by atoms with Crippen LogP contribution in [0.3, 0.4) is 0 Å². The van der Waals surface area contributed by atoms with Crippen molar-refractivity contribution < 1.29 is 9.21 Å². The Bertz CT molecular complexity index is 1040. The predicted octanol–water partition coefficient (Wildman–Crippen LogP) is 4.83. The SMILES string of the molecule is Cc1oc(C)c(C(=O)Nc2ccc(-c3cn4ccsc4n3)cc2)c1C. The molecule has 0 bridgehead atoms. The third kappa shape index (κ3) is 2.74. The first-order valence-electron chi connectivity index (χ1n) is 7.93. The zero-order valence-electron chi connectivity index (χ0n) is 14.2. The van der Waals surface area contributed by atoms with Crippen LogP contribution in [0, 0.1) is 20.8 Å². The molecular formula is C19H17N3O2S. The number of aromatic nitrogens is 2. The Kier molecular flexibility index (Phi) is 3.69. The van der Waals surface area contributed by atoms with Crippen molar-refractivity contribution in [2.45, 2.75) is 20.8 Å². The minimum absolute atomic E-state index is 0.151. The van der Waals surface area contributed by atoms with Crippen molar-refractivity contribution in [3.63, 3.8) is 0 Å². The lowest BCUT2D eigenvalue weighted by molar-refractivity contribution is 0.102. The van der Waals surface area contributed by atoms with Crippen molar-refractivity contribution in [2.75, 3.05) is 5.32 Å². The van der Waals surface area contributed by atoms with Gasteiger partial charge < -0.3 is 9.73 Å². The molecule has 4 aromatic rings. The maximum Gasteiger partial charge on any atom is 0.259 e. The van der Waals surface area contributed by atoms with E-state index in [-0.39, 0.29) is 5.91 Å². The Morgan fingerprint density at radius 1 is 1.16 bits per heavy atom. The van der Waals surface area contributed by atoms with Gasteiger partial charge in [0.2, 0.25) is 0 Å². The molecule has 5 nitrogen and oxygen atoms in total. The van der Waals surface area contributed by atoms with Gasteiger partial charge in [0.25, 0.3) is 5.91 Å². The molecule has 3 heterocycles. The van der Waals surface area contributed by atoms with Gasteiger partial charge in [-0.3, -0.25) is 9.20 Å². The predicted molar refractivity (Wildman–Crippen MR) is 99.4 cm³/mol. The molecule has 0 saturated carbocycles. The normalized spacial score (nSPS) is 11.2. The van der Waals surface area contributed by atoms with Crippen molar-refractivity contribution in [3.8, 4) is 11.3 Å². The summed E-state index contributed by atoms with van der Waals surface area (Å²) < 4.78 is 7.53. The van der Waals surface area contributed by atoms with Crippen LogP contribution in [0.4, 0.5) is 5.69 Å². The van der Waals surface area contributed by atoms with E-state index in [0.717, 1.165) is 33.2 Å². The van der Waals surface area contributed by atoms with E-state index in [2.05, 4.69) is 10.3 Å². The Labute approximate surface area is 148 Å². The first-order chi connectivity index (χ1) is 12.0. The maximum atomic E-state index is 12.5. The third-order valence-corrected chi connectivity index (χ3v) is 5.09. The molecule has 0 aliphatic rings. The van der Waals surface area contributed by atoms with Crippen LogP contribution in [0.5, 0.6) is 0 Å². The third-order valence-electron chi connectivity index (χ3n) is 4.32. The fourth-order valence-corrected chi connectivity index (χ4v) is 3.61. The number of benzene rings is 1. The number of nitrogens with zero attached hydrogens (tertiary/aromatic N) is 2. The van der Waals surface area contributed by atoms with E-state index in [1.165, 1.54) is 0 Å². The summed E-state index contributed by atoms with van der Waals surface area (Å²) >= 11 is 1.60. The summed E-state index contributed by atoms with van der Waals surface area (Å²) in [5, 5.41) is 4.94. The molecule has 25 heavy (non-hydrogen) atoms. The van der Waals surface area contributed by atoms with Crippen LogP contribution in [0.2, 0.25) is 0 Å². The van der Waals surface area contributed by atoms with Crippen LogP contribution in [0.1, 0.15) is 27.4 Å². The summed E-state index contributed by atoms with van der Waals surface area (Å²) in [6, 6.07) is 7.70. The lowest BCUT2D eigenvalue weighted by Gasteiger charge is -2.06. The lowest BCUT2D eigenvalue weighted by Crippen LogP contribution is -2.13. The van der Waals surface area contributed by atoms with Gasteiger partial charge in [0.15, 0.2) is 4.96 Å². The largest absolute Gasteiger partial charge is 0.466 e. The van der Waals surface area contributed by atoms with Crippen molar-refractivity contribution in [2.24, 2.45) is 0 Å². The fraction of sp³-hybridized carbons (Fsp3) is 0.158. The second-order valence-corrected chi connectivity index (χ2v) is 6.84. The quantitative estimate of drug-likeness (QED) is 0.575. The Balaban J connectivity index is 1.56. The Morgan fingerprint density at radius 2 is 1.92 bits per heavy atom. The van der Waals surface area contributed by atoms with E-state index in [4.69, 9.17) is 4.42 Å². The number of carbonyl (C=O) groups excluding carboxylic acids is 1.